The van der Waals surface area contributed by atoms with Gasteiger partial charge in [-0.25, -0.2) is 4.79 Å². The molecular weight excluding hydrogens is 439 g/mol. The third-order valence-corrected chi connectivity index (χ3v) is 5.12. The number of carboxylic acid groups (broad SMARTS) is 1. The van der Waals surface area contributed by atoms with Crippen LogP contribution in [0.25, 0.3) is 0 Å². The van der Waals surface area contributed by atoms with Crippen LogP contribution in [0.2, 0.25) is 5.02 Å². The van der Waals surface area contributed by atoms with Gasteiger partial charge >= 0.3 is 12.1 Å². The van der Waals surface area contributed by atoms with Crippen LogP contribution in [-0.2, 0) is 9.59 Å². The molecular formula is C20H23ClF3N3O4. The molecule has 1 fully saturated rings. The van der Waals surface area contributed by atoms with E-state index in [0.717, 1.165) is 25.9 Å². The number of anilines is 1. The Morgan fingerprint density at radius 3 is 2.45 bits per heavy atom. The summed E-state index contributed by atoms with van der Waals surface area (Å²) in [5, 5.41) is 10.9. The number of alkyl halides is 3. The molecule has 2 aliphatic rings. The highest BCUT2D eigenvalue weighted by atomic mass is 35.5. The Morgan fingerprint density at radius 1 is 1.29 bits per heavy atom. The van der Waals surface area contributed by atoms with E-state index in [1.54, 1.807) is 34.1 Å². The van der Waals surface area contributed by atoms with Gasteiger partial charge in [-0.15, -0.1) is 6.58 Å². The molecule has 2 heterocycles. The van der Waals surface area contributed by atoms with E-state index in [4.69, 9.17) is 21.5 Å². The van der Waals surface area contributed by atoms with Crippen LogP contribution in [0.15, 0.2) is 30.9 Å². The van der Waals surface area contributed by atoms with Crippen LogP contribution < -0.4 is 10.2 Å². The van der Waals surface area contributed by atoms with Gasteiger partial charge in [-0.2, -0.15) is 13.2 Å². The van der Waals surface area contributed by atoms with Crippen molar-refractivity contribution in [1.29, 1.82) is 0 Å². The number of hydrogen-bond donors (Lipinski definition) is 2. The van der Waals surface area contributed by atoms with E-state index < -0.39 is 12.1 Å². The fourth-order valence-corrected chi connectivity index (χ4v) is 3.56. The molecule has 1 aromatic rings. The Kier molecular flexibility index (Phi) is 8.46. The van der Waals surface area contributed by atoms with E-state index >= 15 is 0 Å². The van der Waals surface area contributed by atoms with Gasteiger partial charge in [0.15, 0.2) is 0 Å². The number of amides is 2. The second kappa shape index (κ2) is 10.6. The van der Waals surface area contributed by atoms with Gasteiger partial charge in [0.05, 0.1) is 11.3 Å². The number of halogens is 4. The molecule has 0 atom stereocenters. The van der Waals surface area contributed by atoms with Gasteiger partial charge < -0.3 is 20.2 Å². The number of carbonyl (C=O) groups excluding carboxylic acids is 2. The minimum Gasteiger partial charge on any atom is -0.475 e. The quantitative estimate of drug-likeness (QED) is 0.673. The van der Waals surface area contributed by atoms with Crippen LogP contribution in [-0.4, -0.2) is 66.7 Å². The summed E-state index contributed by atoms with van der Waals surface area (Å²) in [6.07, 6.45) is -1.36. The van der Waals surface area contributed by atoms with Crippen LogP contribution in [0.5, 0.6) is 0 Å². The second-order valence-corrected chi connectivity index (χ2v) is 7.57. The second-order valence-electron chi connectivity index (χ2n) is 7.14. The zero-order chi connectivity index (χ0) is 23.2. The Labute approximate surface area is 182 Å². The zero-order valence-electron chi connectivity index (χ0n) is 16.6. The number of rotatable bonds is 4. The minimum atomic E-state index is -5.08. The summed E-state index contributed by atoms with van der Waals surface area (Å²) in [6, 6.07) is 5.10. The highest BCUT2D eigenvalue weighted by molar-refractivity contribution is 6.31. The largest absolute Gasteiger partial charge is 0.490 e. The van der Waals surface area contributed by atoms with Crippen LogP contribution >= 0.6 is 11.6 Å². The first kappa shape index (κ1) is 24.7. The Balaban J connectivity index is 0.000000423. The van der Waals surface area contributed by atoms with E-state index in [0.29, 0.717) is 35.3 Å². The number of carboxylic acids is 1. The first-order chi connectivity index (χ1) is 14.5. The van der Waals surface area contributed by atoms with E-state index in [1.807, 2.05) is 0 Å². The molecule has 0 unspecified atom stereocenters. The van der Waals surface area contributed by atoms with Gasteiger partial charge in [0.2, 0.25) is 5.91 Å². The predicted octanol–water partition coefficient (Wildman–Crippen LogP) is 2.95. The summed E-state index contributed by atoms with van der Waals surface area (Å²) in [7, 11) is 0. The van der Waals surface area contributed by atoms with Crippen molar-refractivity contribution in [1.82, 2.24) is 10.2 Å². The lowest BCUT2D eigenvalue weighted by Gasteiger charge is -2.29. The average molecular weight is 462 g/mol. The Morgan fingerprint density at radius 2 is 1.90 bits per heavy atom. The maximum Gasteiger partial charge on any atom is 0.490 e. The highest BCUT2D eigenvalue weighted by Gasteiger charge is 2.38. The van der Waals surface area contributed by atoms with Gasteiger partial charge in [0, 0.05) is 18.1 Å². The van der Waals surface area contributed by atoms with Gasteiger partial charge in [0.25, 0.3) is 5.91 Å². The number of piperidine rings is 1. The monoisotopic (exact) mass is 461 g/mol. The van der Waals surface area contributed by atoms with Crippen molar-refractivity contribution in [3.05, 3.63) is 41.4 Å². The van der Waals surface area contributed by atoms with Crippen molar-refractivity contribution in [2.45, 2.75) is 19.0 Å². The topological polar surface area (TPSA) is 90.0 Å². The fraction of sp³-hybridized carbons (Fsp3) is 0.450. The molecule has 1 saturated heterocycles. The van der Waals surface area contributed by atoms with Crippen molar-refractivity contribution in [3.8, 4) is 0 Å². The molecule has 0 aromatic heterocycles. The van der Waals surface area contributed by atoms with E-state index in [2.05, 4.69) is 11.9 Å². The van der Waals surface area contributed by atoms with Crippen LogP contribution in [0.1, 0.15) is 23.2 Å². The number of aliphatic carboxylic acids is 1. The Hall–Kier alpha value is -2.59. The van der Waals surface area contributed by atoms with Crippen molar-refractivity contribution in [3.63, 3.8) is 0 Å². The van der Waals surface area contributed by atoms with Crippen LogP contribution in [0.3, 0.4) is 0 Å². The van der Waals surface area contributed by atoms with Gasteiger partial charge in [-0.05, 0) is 50.0 Å². The third-order valence-electron chi connectivity index (χ3n) is 4.89. The smallest absolute Gasteiger partial charge is 0.475 e. The lowest BCUT2D eigenvalue weighted by Crippen LogP contribution is -2.43. The molecule has 170 valence electrons. The average Bonchev–Trinajstić information content (AvgIpc) is 2.79. The third kappa shape index (κ3) is 6.70. The molecule has 0 spiro atoms. The van der Waals surface area contributed by atoms with Crippen molar-refractivity contribution in [2.24, 2.45) is 5.92 Å². The van der Waals surface area contributed by atoms with Crippen molar-refractivity contribution < 1.29 is 32.7 Å². The zero-order valence-corrected chi connectivity index (χ0v) is 17.4. The summed E-state index contributed by atoms with van der Waals surface area (Å²) in [5.74, 6) is -2.53. The van der Waals surface area contributed by atoms with Gasteiger partial charge in [-0.1, -0.05) is 17.7 Å². The Bertz CT molecular complexity index is 841. The number of hydrogen-bond acceptors (Lipinski definition) is 4. The van der Waals surface area contributed by atoms with E-state index in [1.165, 1.54) is 0 Å². The SMILES string of the molecule is C=CCN1C(=O)CN(CC2CCNCC2)C(=O)c2cc(Cl)ccc21.O=C(O)C(F)(F)F. The summed E-state index contributed by atoms with van der Waals surface area (Å²) >= 11 is 6.09. The molecule has 1 aromatic carbocycles. The predicted molar refractivity (Wildman–Crippen MR) is 109 cm³/mol. The minimum absolute atomic E-state index is 0.0849. The van der Waals surface area contributed by atoms with Crippen molar-refractivity contribution >= 4 is 35.1 Å². The van der Waals surface area contributed by atoms with Gasteiger partial charge in [0.1, 0.15) is 6.54 Å². The number of carbonyl (C=O) groups is 3. The van der Waals surface area contributed by atoms with Crippen molar-refractivity contribution in [2.75, 3.05) is 37.6 Å². The molecule has 7 nitrogen and oxygen atoms in total. The summed E-state index contributed by atoms with van der Waals surface area (Å²) < 4.78 is 31.7. The molecule has 0 aliphatic carbocycles. The molecule has 2 amide bonds. The lowest BCUT2D eigenvalue weighted by atomic mass is 9.97. The fourth-order valence-electron chi connectivity index (χ4n) is 3.39. The molecule has 11 heteroatoms. The van der Waals surface area contributed by atoms with Gasteiger partial charge in [-0.3, -0.25) is 9.59 Å². The van der Waals surface area contributed by atoms with E-state index in [9.17, 15) is 22.8 Å². The molecule has 2 aliphatic heterocycles. The highest BCUT2D eigenvalue weighted by Crippen LogP contribution is 2.29. The summed E-state index contributed by atoms with van der Waals surface area (Å²) in [4.78, 5) is 37.9. The maximum absolute atomic E-state index is 13.0. The first-order valence-corrected chi connectivity index (χ1v) is 9.93. The summed E-state index contributed by atoms with van der Waals surface area (Å²) in [6.45, 7) is 6.73. The molecule has 0 bridgehead atoms. The number of fused-ring (bicyclic) bond motifs is 1. The molecule has 31 heavy (non-hydrogen) atoms. The molecule has 0 radical (unpaired) electrons. The number of nitrogens with one attached hydrogen (secondary N) is 1. The number of nitrogens with zero attached hydrogens (tertiary/aromatic N) is 2. The molecule has 3 rings (SSSR count). The normalized spacial score (nSPS) is 17.4. The number of benzene rings is 1. The summed E-state index contributed by atoms with van der Waals surface area (Å²) in [5.41, 5.74) is 1.10. The van der Waals surface area contributed by atoms with E-state index in [-0.39, 0.29) is 18.4 Å². The molecule has 0 saturated carbocycles. The first-order valence-electron chi connectivity index (χ1n) is 9.55. The lowest BCUT2D eigenvalue weighted by molar-refractivity contribution is -0.192. The van der Waals surface area contributed by atoms with Crippen LogP contribution in [0, 0.1) is 5.92 Å². The maximum atomic E-state index is 13.0. The van der Waals surface area contributed by atoms with Crippen LogP contribution in [0.4, 0.5) is 18.9 Å². The molecule has 2 N–H and O–H groups in total. The standard InChI is InChI=1S/C18H22ClN3O2.C2HF3O2/c1-2-9-22-16-4-3-14(19)10-15(16)18(24)21(12-17(22)23)11-13-5-7-20-8-6-13;3-2(4,5)1(6)7/h2-4,10,13,20H,1,5-9,11-12H2;(H,6,7).